The summed E-state index contributed by atoms with van der Waals surface area (Å²) in [7, 11) is 0. The minimum Gasteiger partial charge on any atom is -0.395 e. The Kier molecular flexibility index (Phi) is 5.88. The lowest BCUT2D eigenvalue weighted by Gasteiger charge is -2.46. The maximum atomic E-state index is 9.52. The van der Waals surface area contributed by atoms with Gasteiger partial charge < -0.3 is 10.4 Å². The van der Waals surface area contributed by atoms with Gasteiger partial charge in [-0.15, -0.1) is 0 Å². The highest BCUT2D eigenvalue weighted by Crippen LogP contribution is 2.40. The monoisotopic (exact) mass is 282 g/mol. The average molecular weight is 282 g/mol. The van der Waals surface area contributed by atoms with Gasteiger partial charge in [-0.1, -0.05) is 27.2 Å². The summed E-state index contributed by atoms with van der Waals surface area (Å²) in [4.78, 5) is 2.55. The zero-order valence-corrected chi connectivity index (χ0v) is 13.7. The van der Waals surface area contributed by atoms with Crippen LogP contribution in [0.25, 0.3) is 0 Å². The summed E-state index contributed by atoms with van der Waals surface area (Å²) in [6.07, 6.45) is 7.70. The second kappa shape index (κ2) is 7.24. The predicted molar refractivity (Wildman–Crippen MR) is 84.9 cm³/mol. The number of nitrogens with one attached hydrogen (secondary N) is 1. The van der Waals surface area contributed by atoms with Crippen molar-refractivity contribution in [2.75, 3.05) is 26.2 Å². The van der Waals surface area contributed by atoms with Crippen LogP contribution in [0.2, 0.25) is 0 Å². The van der Waals surface area contributed by atoms with Crippen molar-refractivity contribution in [3.05, 3.63) is 0 Å². The molecule has 0 spiro atoms. The van der Waals surface area contributed by atoms with E-state index in [4.69, 9.17) is 0 Å². The first-order valence-corrected chi connectivity index (χ1v) is 8.66. The molecule has 20 heavy (non-hydrogen) atoms. The fourth-order valence-corrected chi connectivity index (χ4v) is 4.36. The van der Waals surface area contributed by atoms with Gasteiger partial charge in [0, 0.05) is 18.6 Å². The molecule has 118 valence electrons. The van der Waals surface area contributed by atoms with Gasteiger partial charge in [0.1, 0.15) is 0 Å². The van der Waals surface area contributed by atoms with Gasteiger partial charge in [-0.05, 0) is 56.5 Å². The lowest BCUT2D eigenvalue weighted by molar-refractivity contribution is 0.0647. The minimum absolute atomic E-state index is 0.336. The molecular formula is C17H34N2O. The normalized spacial score (nSPS) is 34.5. The highest BCUT2D eigenvalue weighted by atomic mass is 16.3. The van der Waals surface area contributed by atoms with Crippen LogP contribution in [-0.4, -0.2) is 48.3 Å². The first kappa shape index (κ1) is 16.3. The molecule has 1 heterocycles. The maximum Gasteiger partial charge on any atom is 0.0586 e. The van der Waals surface area contributed by atoms with E-state index in [0.717, 1.165) is 12.5 Å². The fourth-order valence-electron chi connectivity index (χ4n) is 4.36. The summed E-state index contributed by atoms with van der Waals surface area (Å²) in [5.41, 5.74) is 0.409. The molecule has 0 bridgehead atoms. The van der Waals surface area contributed by atoms with E-state index in [2.05, 4.69) is 31.0 Å². The Labute approximate surface area is 125 Å². The molecule has 1 aliphatic carbocycles. The molecule has 0 aromatic carbocycles. The van der Waals surface area contributed by atoms with Crippen molar-refractivity contribution in [1.82, 2.24) is 10.2 Å². The summed E-state index contributed by atoms with van der Waals surface area (Å²) >= 11 is 0. The summed E-state index contributed by atoms with van der Waals surface area (Å²) in [6, 6.07) is 1.06. The molecule has 2 N–H and O–H groups in total. The molecule has 3 nitrogen and oxygen atoms in total. The van der Waals surface area contributed by atoms with Crippen molar-refractivity contribution in [2.24, 2.45) is 11.3 Å². The zero-order chi connectivity index (χ0) is 14.6. The van der Waals surface area contributed by atoms with Crippen LogP contribution in [0.5, 0.6) is 0 Å². The van der Waals surface area contributed by atoms with Crippen LogP contribution in [0.3, 0.4) is 0 Å². The number of nitrogens with zero attached hydrogens (tertiary/aromatic N) is 1. The van der Waals surface area contributed by atoms with E-state index < -0.39 is 0 Å². The van der Waals surface area contributed by atoms with Crippen molar-refractivity contribution in [3.8, 4) is 0 Å². The van der Waals surface area contributed by atoms with E-state index in [-0.39, 0.29) is 0 Å². The molecule has 3 unspecified atom stereocenters. The van der Waals surface area contributed by atoms with Crippen molar-refractivity contribution in [3.63, 3.8) is 0 Å². The molecular weight excluding hydrogens is 248 g/mol. The number of likely N-dealkylation sites (tertiary alicyclic amines) is 1. The summed E-state index contributed by atoms with van der Waals surface area (Å²) in [5.74, 6) is 0.748. The average Bonchev–Trinajstić information content (AvgIpc) is 2.84. The highest BCUT2D eigenvalue weighted by molar-refractivity contribution is 4.95. The first-order valence-electron chi connectivity index (χ1n) is 8.66. The Hall–Kier alpha value is -0.120. The molecule has 1 saturated carbocycles. The highest BCUT2D eigenvalue weighted by Gasteiger charge is 2.40. The van der Waals surface area contributed by atoms with Crippen LogP contribution in [-0.2, 0) is 0 Å². The third kappa shape index (κ3) is 3.75. The Morgan fingerprint density at radius 1 is 1.25 bits per heavy atom. The molecule has 0 radical (unpaired) electrons. The Morgan fingerprint density at radius 2 is 2.05 bits per heavy atom. The van der Waals surface area contributed by atoms with Gasteiger partial charge in [0.05, 0.1) is 6.61 Å². The van der Waals surface area contributed by atoms with Crippen LogP contribution < -0.4 is 5.32 Å². The van der Waals surface area contributed by atoms with E-state index in [1.54, 1.807) is 0 Å². The quantitative estimate of drug-likeness (QED) is 0.786. The molecule has 1 aliphatic heterocycles. The van der Waals surface area contributed by atoms with Crippen LogP contribution in [0, 0.1) is 11.3 Å². The lowest BCUT2D eigenvalue weighted by Crippen LogP contribution is -2.53. The van der Waals surface area contributed by atoms with Gasteiger partial charge in [-0.2, -0.15) is 0 Å². The minimum atomic E-state index is 0.336. The van der Waals surface area contributed by atoms with E-state index in [1.165, 1.54) is 51.6 Å². The van der Waals surface area contributed by atoms with Crippen LogP contribution in [0.15, 0.2) is 0 Å². The van der Waals surface area contributed by atoms with Crippen LogP contribution in [0.1, 0.15) is 59.3 Å². The van der Waals surface area contributed by atoms with E-state index in [9.17, 15) is 5.11 Å². The number of hydrogen-bond donors (Lipinski definition) is 2. The fraction of sp³-hybridized carbons (Fsp3) is 1.00. The molecule has 3 atom stereocenters. The first-order chi connectivity index (χ1) is 9.58. The van der Waals surface area contributed by atoms with Gasteiger partial charge in [0.2, 0.25) is 0 Å². The summed E-state index contributed by atoms with van der Waals surface area (Å²) in [5, 5.41) is 13.3. The second-order valence-electron chi connectivity index (χ2n) is 7.55. The third-order valence-corrected chi connectivity index (χ3v) is 5.50. The second-order valence-corrected chi connectivity index (χ2v) is 7.55. The van der Waals surface area contributed by atoms with E-state index in [1.807, 2.05) is 0 Å². The molecule has 2 rings (SSSR count). The van der Waals surface area contributed by atoms with Gasteiger partial charge in [-0.3, -0.25) is 4.90 Å². The Balaban J connectivity index is 1.99. The van der Waals surface area contributed by atoms with Gasteiger partial charge in [-0.25, -0.2) is 0 Å². The number of rotatable bonds is 6. The van der Waals surface area contributed by atoms with Crippen LogP contribution in [0.4, 0.5) is 0 Å². The van der Waals surface area contributed by atoms with Gasteiger partial charge in [0.15, 0.2) is 0 Å². The Morgan fingerprint density at radius 3 is 2.75 bits per heavy atom. The molecule has 0 amide bonds. The number of aliphatic hydroxyl groups is 1. The smallest absolute Gasteiger partial charge is 0.0586 e. The van der Waals surface area contributed by atoms with Crippen molar-refractivity contribution >= 4 is 0 Å². The molecule has 3 heteroatoms. The molecule has 2 aliphatic rings. The molecule has 0 aromatic rings. The summed E-state index contributed by atoms with van der Waals surface area (Å²) in [6.45, 7) is 10.9. The predicted octanol–water partition coefficient (Wildman–Crippen LogP) is 2.64. The standard InChI is InChI=1S/C17H34N2O/c1-4-10-18-16-14(7-5-9-17(16,2)3)12-19-11-6-8-15(19)13-20/h14-16,18,20H,4-13H2,1-3H3. The molecule has 2 fully saturated rings. The lowest BCUT2D eigenvalue weighted by atomic mass is 9.67. The van der Waals surface area contributed by atoms with Crippen molar-refractivity contribution in [2.45, 2.75) is 71.4 Å². The van der Waals surface area contributed by atoms with Crippen LogP contribution >= 0.6 is 0 Å². The maximum absolute atomic E-state index is 9.52. The van der Waals surface area contributed by atoms with Crippen molar-refractivity contribution < 1.29 is 5.11 Å². The Bertz CT molecular complexity index is 293. The molecule has 1 saturated heterocycles. The number of hydrogen-bond acceptors (Lipinski definition) is 3. The zero-order valence-electron chi connectivity index (χ0n) is 13.7. The van der Waals surface area contributed by atoms with Gasteiger partial charge >= 0.3 is 0 Å². The number of aliphatic hydroxyl groups excluding tert-OH is 1. The third-order valence-electron chi connectivity index (χ3n) is 5.50. The SMILES string of the molecule is CCCNC1C(CN2CCCC2CO)CCCC1(C)C. The molecule has 0 aromatic heterocycles. The van der Waals surface area contributed by atoms with E-state index in [0.29, 0.717) is 24.1 Å². The van der Waals surface area contributed by atoms with Crippen molar-refractivity contribution in [1.29, 1.82) is 0 Å². The van der Waals surface area contributed by atoms with E-state index >= 15 is 0 Å². The largest absolute Gasteiger partial charge is 0.395 e. The topological polar surface area (TPSA) is 35.5 Å². The summed E-state index contributed by atoms with van der Waals surface area (Å²) < 4.78 is 0. The van der Waals surface area contributed by atoms with Gasteiger partial charge in [0.25, 0.3) is 0 Å².